The van der Waals surface area contributed by atoms with Gasteiger partial charge in [-0.25, -0.2) is 0 Å². The topological polar surface area (TPSA) is 95.1 Å². The first-order valence-electron chi connectivity index (χ1n) is 7.38. The molecule has 0 aromatic heterocycles. The standard InChI is InChI=1S/C14H27N2O6.K/c1-13(2)22-11-14(18)16-4-6-20-8-10-21-9-7-19-5-3-15-12-17;/h13H,3-11H2,1-2H3,(H,15,17)(H,16,18);/q-1;+1. The summed E-state index contributed by atoms with van der Waals surface area (Å²) in [6, 6.07) is 0. The molecular formula is C14H27KN2O6. The zero-order valence-corrected chi connectivity index (χ0v) is 17.5. The van der Waals surface area contributed by atoms with Crippen LogP contribution < -0.4 is 62.0 Å². The van der Waals surface area contributed by atoms with Crippen molar-refractivity contribution in [3.63, 3.8) is 0 Å². The molecule has 0 aromatic rings. The van der Waals surface area contributed by atoms with Crippen molar-refractivity contribution in [2.75, 3.05) is 59.3 Å². The Kier molecular flexibility index (Phi) is 22.8. The Balaban J connectivity index is 0. The van der Waals surface area contributed by atoms with Crippen molar-refractivity contribution >= 4 is 12.3 Å². The van der Waals surface area contributed by atoms with Gasteiger partial charge in [-0.3, -0.25) is 4.79 Å². The molecule has 130 valence electrons. The van der Waals surface area contributed by atoms with Gasteiger partial charge in [0.05, 0.1) is 45.7 Å². The third kappa shape index (κ3) is 22.4. The first-order valence-corrected chi connectivity index (χ1v) is 7.38. The van der Waals surface area contributed by atoms with Gasteiger partial charge in [0.2, 0.25) is 5.91 Å². The number of hydrogen-bond acceptors (Lipinski definition) is 6. The Hall–Kier alpha value is 0.416. The number of hydrogen-bond donors (Lipinski definition) is 2. The Morgan fingerprint density at radius 3 is 2.00 bits per heavy atom. The summed E-state index contributed by atoms with van der Waals surface area (Å²) in [4.78, 5) is 21.1. The van der Waals surface area contributed by atoms with Crippen LogP contribution in [0.2, 0.25) is 0 Å². The van der Waals surface area contributed by atoms with E-state index in [-0.39, 0.29) is 70.0 Å². The van der Waals surface area contributed by atoms with Crippen LogP contribution in [-0.2, 0) is 28.5 Å². The summed E-state index contributed by atoms with van der Waals surface area (Å²) in [5.74, 6) is -0.146. The fourth-order valence-corrected chi connectivity index (χ4v) is 1.27. The molecule has 0 aromatic carbocycles. The van der Waals surface area contributed by atoms with Gasteiger partial charge in [-0.15, -0.1) is 0 Å². The molecule has 0 spiro atoms. The van der Waals surface area contributed by atoms with Gasteiger partial charge >= 0.3 is 51.4 Å². The number of amides is 2. The van der Waals surface area contributed by atoms with Crippen molar-refractivity contribution < 1.29 is 79.9 Å². The predicted octanol–water partition coefficient (Wildman–Crippen LogP) is -3.76. The van der Waals surface area contributed by atoms with Crippen LogP contribution in [0.15, 0.2) is 0 Å². The monoisotopic (exact) mass is 358 g/mol. The smallest absolute Gasteiger partial charge is 0.528 e. The molecule has 9 heteroatoms. The largest absolute Gasteiger partial charge is 1.00 e. The van der Waals surface area contributed by atoms with E-state index in [2.05, 4.69) is 10.6 Å². The minimum Gasteiger partial charge on any atom is -0.528 e. The molecule has 0 heterocycles. The van der Waals surface area contributed by atoms with Crippen molar-refractivity contribution in [3.05, 3.63) is 0 Å². The molecule has 0 saturated heterocycles. The summed E-state index contributed by atoms with van der Waals surface area (Å²) < 4.78 is 20.9. The van der Waals surface area contributed by atoms with Gasteiger partial charge in [-0.1, -0.05) is 0 Å². The second-order valence-electron chi connectivity index (χ2n) is 4.58. The minimum absolute atomic E-state index is 0. The van der Waals surface area contributed by atoms with Gasteiger partial charge in [-0.05, 0) is 13.8 Å². The van der Waals surface area contributed by atoms with E-state index in [1.807, 2.05) is 13.8 Å². The molecule has 0 atom stereocenters. The predicted molar refractivity (Wildman–Crippen MR) is 80.3 cm³/mol. The Bertz CT molecular complexity index is 282. The Morgan fingerprint density at radius 2 is 1.48 bits per heavy atom. The quantitative estimate of drug-likeness (QED) is 0.127. The molecule has 0 aliphatic rings. The average Bonchev–Trinajstić information content (AvgIpc) is 2.49. The molecule has 8 nitrogen and oxygen atoms in total. The van der Waals surface area contributed by atoms with Gasteiger partial charge < -0.3 is 34.4 Å². The van der Waals surface area contributed by atoms with E-state index in [0.717, 1.165) is 0 Å². The summed E-state index contributed by atoms with van der Waals surface area (Å²) in [6.07, 6.45) is 1.61. The summed E-state index contributed by atoms with van der Waals surface area (Å²) in [5, 5.41) is 5.06. The summed E-state index contributed by atoms with van der Waals surface area (Å²) in [6.45, 7) is 7.45. The minimum atomic E-state index is -0.146. The number of carbonyl (C=O) groups excluding carboxylic acids is 2. The second kappa shape index (κ2) is 20.5. The third-order valence-electron chi connectivity index (χ3n) is 2.30. The van der Waals surface area contributed by atoms with Gasteiger partial charge in [0.15, 0.2) is 0 Å². The number of rotatable bonds is 16. The number of nitrogens with one attached hydrogen (secondary N) is 2. The van der Waals surface area contributed by atoms with Crippen molar-refractivity contribution in [3.8, 4) is 0 Å². The van der Waals surface area contributed by atoms with Gasteiger partial charge in [0.25, 0.3) is 0 Å². The molecule has 0 fully saturated rings. The molecule has 0 unspecified atom stereocenters. The second-order valence-corrected chi connectivity index (χ2v) is 4.58. The van der Waals surface area contributed by atoms with Gasteiger partial charge in [0, 0.05) is 13.1 Å². The van der Waals surface area contributed by atoms with Gasteiger partial charge in [0.1, 0.15) is 6.61 Å². The van der Waals surface area contributed by atoms with Crippen molar-refractivity contribution in [1.29, 1.82) is 0 Å². The van der Waals surface area contributed by atoms with Crippen LogP contribution in [0.3, 0.4) is 0 Å². The zero-order valence-electron chi connectivity index (χ0n) is 14.4. The maximum atomic E-state index is 11.3. The van der Waals surface area contributed by atoms with Crippen LogP contribution >= 0.6 is 0 Å². The van der Waals surface area contributed by atoms with E-state index in [9.17, 15) is 9.59 Å². The fraction of sp³-hybridized carbons (Fsp3) is 0.857. The van der Waals surface area contributed by atoms with Crippen LogP contribution in [0.4, 0.5) is 0 Å². The molecule has 0 aliphatic carbocycles. The summed E-state index contributed by atoms with van der Waals surface area (Å²) >= 11 is 0. The molecule has 2 amide bonds. The van der Waals surface area contributed by atoms with Crippen molar-refractivity contribution in [2.45, 2.75) is 20.0 Å². The molecule has 0 aliphatic heterocycles. The van der Waals surface area contributed by atoms with Gasteiger partial charge in [-0.2, -0.15) is 6.41 Å². The molecule has 0 rings (SSSR count). The Morgan fingerprint density at radius 1 is 0.957 bits per heavy atom. The maximum Gasteiger partial charge on any atom is 1.00 e. The van der Waals surface area contributed by atoms with E-state index in [1.165, 1.54) is 0 Å². The third-order valence-corrected chi connectivity index (χ3v) is 2.30. The molecule has 0 radical (unpaired) electrons. The maximum absolute atomic E-state index is 11.3. The molecule has 0 bridgehead atoms. The summed E-state index contributed by atoms with van der Waals surface area (Å²) in [7, 11) is 0. The van der Waals surface area contributed by atoms with Crippen LogP contribution in [0, 0.1) is 0 Å². The van der Waals surface area contributed by atoms with Crippen LogP contribution in [0.25, 0.3) is 0 Å². The zero-order chi connectivity index (χ0) is 16.5. The van der Waals surface area contributed by atoms with E-state index in [0.29, 0.717) is 52.7 Å². The van der Waals surface area contributed by atoms with Crippen molar-refractivity contribution in [1.82, 2.24) is 10.6 Å². The van der Waals surface area contributed by atoms with Crippen LogP contribution in [0.1, 0.15) is 13.8 Å². The first kappa shape index (κ1) is 25.7. The van der Waals surface area contributed by atoms with Crippen LogP contribution in [0.5, 0.6) is 0 Å². The number of carbonyl (C=O) groups is 1. The first-order chi connectivity index (χ1) is 10.7. The van der Waals surface area contributed by atoms with E-state index in [1.54, 1.807) is 6.41 Å². The molecular weight excluding hydrogens is 331 g/mol. The van der Waals surface area contributed by atoms with E-state index in [4.69, 9.17) is 18.9 Å². The summed E-state index contributed by atoms with van der Waals surface area (Å²) in [5.41, 5.74) is 0. The SMILES string of the molecule is CC(C)OCC(=O)NCCOCCOCCOCCN[C-]=O.[K+]. The molecule has 23 heavy (non-hydrogen) atoms. The molecule has 0 saturated carbocycles. The van der Waals surface area contributed by atoms with Crippen LogP contribution in [-0.4, -0.2) is 77.8 Å². The van der Waals surface area contributed by atoms with E-state index < -0.39 is 0 Å². The average molecular weight is 358 g/mol. The molecule has 2 N–H and O–H groups in total. The van der Waals surface area contributed by atoms with E-state index >= 15 is 0 Å². The Labute approximate surface area is 180 Å². The van der Waals surface area contributed by atoms with Crippen molar-refractivity contribution in [2.24, 2.45) is 0 Å². The number of ether oxygens (including phenoxy) is 4. The normalized spacial score (nSPS) is 10.2. The fourth-order valence-electron chi connectivity index (χ4n) is 1.27.